The Morgan fingerprint density at radius 1 is 1.29 bits per heavy atom. The molecular weight excluding hydrogens is 304 g/mol. The normalized spacial score (nSPS) is 17.5. The molecule has 1 atom stereocenters. The van der Waals surface area contributed by atoms with Crippen LogP contribution in [0.25, 0.3) is 0 Å². The molecule has 1 aromatic carbocycles. The number of benzene rings is 1. The minimum absolute atomic E-state index is 0.119. The Morgan fingerprint density at radius 3 is 2.92 bits per heavy atom. The fraction of sp³-hybridized carbons (Fsp3) is 0.368. The second-order valence-electron chi connectivity index (χ2n) is 5.65. The molecular formula is C19H24N2O3. The van der Waals surface area contributed by atoms with Gasteiger partial charge in [-0.2, -0.15) is 0 Å². The molecule has 1 aliphatic rings. The molecule has 0 spiro atoms. The van der Waals surface area contributed by atoms with Gasteiger partial charge in [-0.1, -0.05) is 30.4 Å². The standard InChI is InChI=1S/C19H24N2O3/c1-2-3-4-10-18(22)20-13-15-7-5-8-16(12-15)19(23)21-14-17-9-6-11-24-17/h2-5,7-8,10,12,17H,6,9,11,13-14H2,1H3,(H,20,22)(H,21,23)/b3-2+,10-4+/t17-/m0/s1. The molecule has 0 aromatic heterocycles. The summed E-state index contributed by atoms with van der Waals surface area (Å²) in [4.78, 5) is 23.8. The Labute approximate surface area is 142 Å². The summed E-state index contributed by atoms with van der Waals surface area (Å²) in [5, 5.41) is 5.69. The Kier molecular flexibility index (Phi) is 7.23. The molecule has 0 bridgehead atoms. The lowest BCUT2D eigenvalue weighted by molar-refractivity contribution is -0.116. The SMILES string of the molecule is C/C=C/C=C/C(=O)NCc1cccc(C(=O)NC[C@@H]2CCCO2)c1. The van der Waals surface area contributed by atoms with Gasteiger partial charge in [0.15, 0.2) is 0 Å². The van der Waals surface area contributed by atoms with Gasteiger partial charge >= 0.3 is 0 Å². The van der Waals surface area contributed by atoms with E-state index < -0.39 is 0 Å². The molecule has 1 saturated heterocycles. The third-order valence-electron chi connectivity index (χ3n) is 3.72. The van der Waals surface area contributed by atoms with E-state index >= 15 is 0 Å². The van der Waals surface area contributed by atoms with Gasteiger partial charge in [-0.25, -0.2) is 0 Å². The van der Waals surface area contributed by atoms with Crippen molar-refractivity contribution >= 4 is 11.8 Å². The molecule has 0 unspecified atom stereocenters. The largest absolute Gasteiger partial charge is 0.376 e. The van der Waals surface area contributed by atoms with Crippen molar-refractivity contribution in [3.8, 4) is 0 Å². The molecule has 2 amide bonds. The number of carbonyl (C=O) groups excluding carboxylic acids is 2. The molecule has 0 radical (unpaired) electrons. The lowest BCUT2D eigenvalue weighted by atomic mass is 10.1. The average Bonchev–Trinajstić information content (AvgIpc) is 3.12. The number of allylic oxidation sites excluding steroid dienone is 3. The van der Waals surface area contributed by atoms with Crippen LogP contribution in [0.15, 0.2) is 48.6 Å². The van der Waals surface area contributed by atoms with Gasteiger partial charge in [0.05, 0.1) is 6.10 Å². The second kappa shape index (κ2) is 9.67. The maximum Gasteiger partial charge on any atom is 0.251 e. The van der Waals surface area contributed by atoms with E-state index in [9.17, 15) is 9.59 Å². The molecule has 5 heteroatoms. The highest BCUT2D eigenvalue weighted by Gasteiger charge is 2.16. The Hall–Kier alpha value is -2.40. The van der Waals surface area contributed by atoms with Gasteiger partial charge in [-0.15, -0.1) is 0 Å². The summed E-state index contributed by atoms with van der Waals surface area (Å²) in [6.45, 7) is 3.58. The van der Waals surface area contributed by atoms with E-state index in [1.54, 1.807) is 24.3 Å². The first-order chi connectivity index (χ1) is 11.7. The maximum atomic E-state index is 12.2. The molecule has 24 heavy (non-hydrogen) atoms. The van der Waals surface area contributed by atoms with E-state index in [-0.39, 0.29) is 17.9 Å². The van der Waals surface area contributed by atoms with Crippen LogP contribution in [0.5, 0.6) is 0 Å². The van der Waals surface area contributed by atoms with Crippen LogP contribution in [-0.4, -0.2) is 31.1 Å². The van der Waals surface area contributed by atoms with Crippen LogP contribution in [0.4, 0.5) is 0 Å². The van der Waals surface area contributed by atoms with Crippen LogP contribution in [0, 0.1) is 0 Å². The quantitative estimate of drug-likeness (QED) is 0.596. The first-order valence-corrected chi connectivity index (χ1v) is 8.25. The van der Waals surface area contributed by atoms with Crippen molar-refractivity contribution in [3.63, 3.8) is 0 Å². The Morgan fingerprint density at radius 2 is 2.17 bits per heavy atom. The molecule has 0 aliphatic carbocycles. The van der Waals surface area contributed by atoms with Crippen molar-refractivity contribution in [3.05, 3.63) is 59.7 Å². The minimum Gasteiger partial charge on any atom is -0.376 e. The van der Waals surface area contributed by atoms with E-state index in [4.69, 9.17) is 4.74 Å². The summed E-state index contributed by atoms with van der Waals surface area (Å²) in [7, 11) is 0. The van der Waals surface area contributed by atoms with Crippen LogP contribution < -0.4 is 10.6 Å². The van der Waals surface area contributed by atoms with E-state index in [0.717, 1.165) is 25.0 Å². The van der Waals surface area contributed by atoms with Gasteiger partial charge in [0.25, 0.3) is 5.91 Å². The van der Waals surface area contributed by atoms with Crippen molar-refractivity contribution in [2.24, 2.45) is 0 Å². The fourth-order valence-corrected chi connectivity index (χ4v) is 2.44. The number of rotatable bonds is 7. The molecule has 0 saturated carbocycles. The topological polar surface area (TPSA) is 67.4 Å². The number of ether oxygens (including phenoxy) is 1. The molecule has 1 fully saturated rings. The highest BCUT2D eigenvalue weighted by atomic mass is 16.5. The molecule has 1 aliphatic heterocycles. The molecule has 1 aromatic rings. The van der Waals surface area contributed by atoms with Crippen LogP contribution in [0.3, 0.4) is 0 Å². The predicted octanol–water partition coefficient (Wildman–Crippen LogP) is 2.34. The highest BCUT2D eigenvalue weighted by molar-refractivity contribution is 5.94. The lowest BCUT2D eigenvalue weighted by Crippen LogP contribution is -2.31. The number of hydrogen-bond acceptors (Lipinski definition) is 3. The van der Waals surface area contributed by atoms with Gasteiger partial charge in [0, 0.05) is 31.3 Å². The van der Waals surface area contributed by atoms with Gasteiger partial charge in [-0.3, -0.25) is 9.59 Å². The summed E-state index contributed by atoms with van der Waals surface area (Å²) < 4.78 is 5.49. The molecule has 2 rings (SSSR count). The minimum atomic E-state index is -0.165. The maximum absolute atomic E-state index is 12.2. The zero-order valence-corrected chi connectivity index (χ0v) is 14.0. The number of nitrogens with one attached hydrogen (secondary N) is 2. The van der Waals surface area contributed by atoms with Crippen molar-refractivity contribution in [1.82, 2.24) is 10.6 Å². The summed E-state index contributed by atoms with van der Waals surface area (Å²) in [5.74, 6) is -0.284. The van der Waals surface area contributed by atoms with Gasteiger partial charge in [0.1, 0.15) is 0 Å². The van der Waals surface area contributed by atoms with Crippen LogP contribution in [0.2, 0.25) is 0 Å². The van der Waals surface area contributed by atoms with E-state index in [1.165, 1.54) is 6.08 Å². The first-order valence-electron chi connectivity index (χ1n) is 8.25. The fourth-order valence-electron chi connectivity index (χ4n) is 2.44. The second-order valence-corrected chi connectivity index (χ2v) is 5.65. The van der Waals surface area contributed by atoms with E-state index in [1.807, 2.05) is 25.1 Å². The summed E-state index contributed by atoms with van der Waals surface area (Å²) in [5.41, 5.74) is 1.47. The number of amides is 2. The van der Waals surface area contributed by atoms with Crippen LogP contribution in [-0.2, 0) is 16.1 Å². The third kappa shape index (κ3) is 6.01. The molecule has 2 N–H and O–H groups in total. The van der Waals surface area contributed by atoms with Crippen molar-refractivity contribution in [2.75, 3.05) is 13.2 Å². The van der Waals surface area contributed by atoms with Crippen LogP contribution >= 0.6 is 0 Å². The number of carbonyl (C=O) groups is 2. The zero-order valence-electron chi connectivity index (χ0n) is 14.0. The van der Waals surface area contributed by atoms with Crippen LogP contribution in [0.1, 0.15) is 35.7 Å². The summed E-state index contributed by atoms with van der Waals surface area (Å²) in [6.07, 6.45) is 8.97. The first kappa shape index (κ1) is 17.9. The lowest BCUT2D eigenvalue weighted by Gasteiger charge is -2.11. The monoisotopic (exact) mass is 328 g/mol. The molecule has 1 heterocycles. The Bertz CT molecular complexity index is 617. The van der Waals surface area contributed by atoms with Crippen molar-refractivity contribution in [2.45, 2.75) is 32.4 Å². The van der Waals surface area contributed by atoms with Gasteiger partial charge in [0.2, 0.25) is 5.91 Å². The van der Waals surface area contributed by atoms with E-state index in [2.05, 4.69) is 10.6 Å². The van der Waals surface area contributed by atoms with Crippen molar-refractivity contribution < 1.29 is 14.3 Å². The zero-order chi connectivity index (χ0) is 17.2. The number of hydrogen-bond donors (Lipinski definition) is 2. The summed E-state index contributed by atoms with van der Waals surface area (Å²) in [6, 6.07) is 7.26. The third-order valence-corrected chi connectivity index (χ3v) is 3.72. The molecule has 5 nitrogen and oxygen atoms in total. The van der Waals surface area contributed by atoms with Gasteiger partial charge < -0.3 is 15.4 Å². The Balaban J connectivity index is 1.83. The molecule has 128 valence electrons. The highest BCUT2D eigenvalue weighted by Crippen LogP contribution is 2.11. The van der Waals surface area contributed by atoms with Crippen molar-refractivity contribution in [1.29, 1.82) is 0 Å². The predicted molar refractivity (Wildman–Crippen MR) is 93.5 cm³/mol. The van der Waals surface area contributed by atoms with E-state index in [0.29, 0.717) is 18.7 Å². The summed E-state index contributed by atoms with van der Waals surface area (Å²) >= 11 is 0. The van der Waals surface area contributed by atoms with Gasteiger partial charge in [-0.05, 0) is 37.5 Å². The average molecular weight is 328 g/mol. The smallest absolute Gasteiger partial charge is 0.251 e.